The van der Waals surface area contributed by atoms with Gasteiger partial charge in [0, 0.05) is 0 Å². The van der Waals surface area contributed by atoms with Gasteiger partial charge >= 0.3 is 5.97 Å². The maximum Gasteiger partial charge on any atom is 0.318 e. The van der Waals surface area contributed by atoms with Crippen LogP contribution in [0.4, 0.5) is 0 Å². The molecule has 0 bridgehead atoms. The summed E-state index contributed by atoms with van der Waals surface area (Å²) in [6.07, 6.45) is 0.583. The van der Waals surface area contributed by atoms with Gasteiger partial charge in [0.2, 0.25) is 0 Å². The van der Waals surface area contributed by atoms with E-state index in [-0.39, 0.29) is 5.88 Å². The third kappa shape index (κ3) is 11.3. The zero-order valence-electron chi connectivity index (χ0n) is 5.13. The van der Waals surface area contributed by atoms with Crippen molar-refractivity contribution in [2.24, 2.45) is 0 Å². The van der Waals surface area contributed by atoms with E-state index < -0.39 is 5.97 Å². The predicted molar refractivity (Wildman–Crippen MR) is 33.8 cm³/mol. The van der Waals surface area contributed by atoms with Gasteiger partial charge in [0.15, 0.2) is 0 Å². The third-order valence-corrected chi connectivity index (χ3v) is 0.843. The summed E-state index contributed by atoms with van der Waals surface area (Å²) in [5.41, 5.74) is 0. The Morgan fingerprint density at radius 3 is 2.22 bits per heavy atom. The van der Waals surface area contributed by atoms with E-state index in [1.54, 1.807) is 0 Å². The smallest absolute Gasteiger partial charge is 0.318 e. The van der Waals surface area contributed by atoms with Crippen molar-refractivity contribution < 1.29 is 14.6 Å². The predicted octanol–water partition coefficient (Wildman–Crippen LogP) is 0.715. The summed E-state index contributed by atoms with van der Waals surface area (Å²) in [6, 6.07) is 0. The summed E-state index contributed by atoms with van der Waals surface area (Å²) < 4.78 is 4.71. The van der Waals surface area contributed by atoms with E-state index in [9.17, 15) is 4.79 Å². The van der Waals surface area contributed by atoms with Crippen LogP contribution in [-0.4, -0.2) is 29.7 Å². The highest BCUT2D eigenvalue weighted by Crippen LogP contribution is 2.04. The van der Waals surface area contributed by atoms with Gasteiger partial charge in [-0.3, -0.25) is 4.79 Å². The maximum absolute atomic E-state index is 9.24. The first-order valence-corrected chi connectivity index (χ1v) is 3.09. The summed E-state index contributed by atoms with van der Waals surface area (Å²) in [5.74, 6) is -1.29. The van der Waals surface area contributed by atoms with Crippen molar-refractivity contribution in [3.05, 3.63) is 0 Å². The minimum atomic E-state index is -0.980. The second-order valence-electron chi connectivity index (χ2n) is 1.67. The minimum absolute atomic E-state index is 0.306. The molecule has 1 N–H and O–H groups in total. The van der Waals surface area contributed by atoms with Crippen LogP contribution in [0, 0.1) is 0 Å². The number of alkyl halides is 1. The molecule has 0 saturated carbocycles. The van der Waals surface area contributed by atoms with E-state index in [1.165, 1.54) is 0 Å². The first-order valence-electron chi connectivity index (χ1n) is 2.56. The lowest BCUT2D eigenvalue weighted by atomic mass is 10.6. The summed E-state index contributed by atoms with van der Waals surface area (Å²) in [6.45, 7) is 3.04. The number of carboxylic acids is 1. The van der Waals surface area contributed by atoms with Gasteiger partial charge in [-0.1, -0.05) is 0 Å². The summed E-state index contributed by atoms with van der Waals surface area (Å²) in [5, 5.41) is 7.59. The second kappa shape index (κ2) is 4.58. The van der Waals surface area contributed by atoms with Gasteiger partial charge in [0.1, 0.15) is 5.88 Å². The van der Waals surface area contributed by atoms with Crippen molar-refractivity contribution in [2.45, 2.75) is 13.0 Å². The van der Waals surface area contributed by atoms with Gasteiger partial charge in [-0.15, -0.1) is 11.6 Å². The molecule has 1 saturated heterocycles. The van der Waals surface area contributed by atoms with Crippen LogP contribution in [0.5, 0.6) is 0 Å². The molecule has 0 aromatic rings. The molecule has 0 aromatic heterocycles. The largest absolute Gasteiger partial charge is 0.480 e. The molecule has 0 radical (unpaired) electrons. The van der Waals surface area contributed by atoms with Gasteiger partial charge in [-0.25, -0.2) is 0 Å². The van der Waals surface area contributed by atoms with Crippen molar-refractivity contribution >= 4 is 17.6 Å². The topological polar surface area (TPSA) is 49.8 Å². The molecule has 0 aliphatic carbocycles. The molecule has 0 amide bonds. The monoisotopic (exact) mass is 152 g/mol. The number of epoxide rings is 1. The number of ether oxygens (including phenoxy) is 1. The number of hydrogen-bond donors (Lipinski definition) is 1. The SMILES string of the molecule is CC1CO1.O=C(O)CCl. The second-order valence-corrected chi connectivity index (χ2v) is 1.94. The van der Waals surface area contributed by atoms with Crippen molar-refractivity contribution in [1.29, 1.82) is 0 Å². The van der Waals surface area contributed by atoms with Crippen LogP contribution in [0.1, 0.15) is 6.92 Å². The summed E-state index contributed by atoms with van der Waals surface area (Å²) >= 11 is 4.74. The fourth-order valence-corrected chi connectivity index (χ4v) is 0.0962. The Hall–Kier alpha value is -0.280. The van der Waals surface area contributed by atoms with E-state index in [4.69, 9.17) is 21.4 Å². The average molecular weight is 153 g/mol. The third-order valence-electron chi connectivity index (χ3n) is 0.614. The van der Waals surface area contributed by atoms with Crippen LogP contribution in [0.2, 0.25) is 0 Å². The lowest BCUT2D eigenvalue weighted by Crippen LogP contribution is -1.92. The highest BCUT2D eigenvalue weighted by atomic mass is 35.5. The van der Waals surface area contributed by atoms with Crippen molar-refractivity contribution in [1.82, 2.24) is 0 Å². The molecule has 54 valence electrons. The first kappa shape index (κ1) is 8.72. The number of carboxylic acid groups (broad SMARTS) is 1. The Balaban J connectivity index is 0.000000144. The minimum Gasteiger partial charge on any atom is -0.480 e. The zero-order chi connectivity index (χ0) is 7.28. The molecule has 0 spiro atoms. The van der Waals surface area contributed by atoms with Gasteiger partial charge in [-0.2, -0.15) is 0 Å². The van der Waals surface area contributed by atoms with E-state index >= 15 is 0 Å². The molecule has 4 heteroatoms. The van der Waals surface area contributed by atoms with Gasteiger partial charge < -0.3 is 9.84 Å². The zero-order valence-corrected chi connectivity index (χ0v) is 5.89. The Bertz CT molecular complexity index is 90.2. The number of rotatable bonds is 1. The lowest BCUT2D eigenvalue weighted by molar-refractivity contribution is -0.134. The molecule has 9 heavy (non-hydrogen) atoms. The Morgan fingerprint density at radius 2 is 2.22 bits per heavy atom. The highest BCUT2D eigenvalue weighted by Gasteiger charge is 2.13. The molecule has 1 fully saturated rings. The van der Waals surface area contributed by atoms with Gasteiger partial charge in [0.05, 0.1) is 12.7 Å². The van der Waals surface area contributed by atoms with Gasteiger partial charge in [0.25, 0.3) is 0 Å². The average Bonchev–Trinajstić information content (AvgIpc) is 2.53. The summed E-state index contributed by atoms with van der Waals surface area (Å²) in [7, 11) is 0. The van der Waals surface area contributed by atoms with Crippen LogP contribution in [-0.2, 0) is 9.53 Å². The van der Waals surface area contributed by atoms with Crippen molar-refractivity contribution in [3.63, 3.8) is 0 Å². The molecular weight excluding hydrogens is 144 g/mol. The quantitative estimate of drug-likeness (QED) is 0.445. The van der Waals surface area contributed by atoms with E-state index in [2.05, 4.69) is 6.92 Å². The van der Waals surface area contributed by atoms with E-state index in [0.29, 0.717) is 6.10 Å². The van der Waals surface area contributed by atoms with E-state index in [1.807, 2.05) is 0 Å². The maximum atomic E-state index is 9.24. The van der Waals surface area contributed by atoms with Crippen molar-refractivity contribution in [3.8, 4) is 0 Å². The Morgan fingerprint density at radius 1 is 2.00 bits per heavy atom. The fourth-order valence-electron chi connectivity index (χ4n) is 0.0962. The van der Waals surface area contributed by atoms with Crippen LogP contribution in [0.3, 0.4) is 0 Å². The van der Waals surface area contributed by atoms with E-state index in [0.717, 1.165) is 6.61 Å². The number of carbonyl (C=O) groups is 1. The molecule has 1 heterocycles. The number of aliphatic carboxylic acids is 1. The number of halogens is 1. The van der Waals surface area contributed by atoms with Crippen LogP contribution in [0.15, 0.2) is 0 Å². The van der Waals surface area contributed by atoms with Crippen LogP contribution in [0.25, 0.3) is 0 Å². The normalized spacial score (nSPS) is 21.8. The first-order chi connectivity index (χ1) is 4.16. The van der Waals surface area contributed by atoms with Crippen molar-refractivity contribution in [2.75, 3.05) is 12.5 Å². The number of hydrogen-bond acceptors (Lipinski definition) is 2. The van der Waals surface area contributed by atoms with Crippen LogP contribution >= 0.6 is 11.6 Å². The molecule has 0 aromatic carbocycles. The summed E-state index contributed by atoms with van der Waals surface area (Å²) in [4.78, 5) is 9.24. The Labute approximate surface area is 58.6 Å². The molecule has 1 rings (SSSR count). The molecule has 3 nitrogen and oxygen atoms in total. The molecular formula is C5H9ClO3. The lowest BCUT2D eigenvalue weighted by Gasteiger charge is -1.69. The Kier molecular flexibility index (Phi) is 4.44. The molecule has 1 atom stereocenters. The molecule has 1 aliphatic rings. The standard InChI is InChI=1S/C3H6O.C2H3ClO2/c1-3-2-4-3;3-1-2(4)5/h3H,2H2,1H3;1H2,(H,4,5). The highest BCUT2D eigenvalue weighted by molar-refractivity contribution is 6.26. The van der Waals surface area contributed by atoms with Crippen LogP contribution < -0.4 is 0 Å². The molecule has 1 aliphatic heterocycles. The fraction of sp³-hybridized carbons (Fsp3) is 0.800. The molecule has 1 unspecified atom stereocenters. The van der Waals surface area contributed by atoms with Gasteiger partial charge in [-0.05, 0) is 6.92 Å².